The van der Waals surface area contributed by atoms with Crippen molar-refractivity contribution < 1.29 is 13.9 Å². The highest BCUT2D eigenvalue weighted by Crippen LogP contribution is 2.27. The average Bonchev–Trinajstić information content (AvgIpc) is 2.57. The van der Waals surface area contributed by atoms with Crippen LogP contribution in [0.2, 0.25) is 10.0 Å². The summed E-state index contributed by atoms with van der Waals surface area (Å²) in [5.74, 6) is -0.528. The number of ether oxygens (including phenoxy) is 1. The van der Waals surface area contributed by atoms with Gasteiger partial charge in [0.1, 0.15) is 11.6 Å². The van der Waals surface area contributed by atoms with Crippen LogP contribution in [0.4, 0.5) is 10.1 Å². The standard InChI is InChI=1S/C16H14Cl2FN3O2S/c1-24-14-6-5-9(17)7-13(14)20-16(25)22-21-15(23)8-10-11(18)3-2-4-12(10)19/h2-7H,8H2,1H3,(H,21,23)(H2,20,22,25). The first-order chi connectivity index (χ1) is 11.9. The monoisotopic (exact) mass is 401 g/mol. The van der Waals surface area contributed by atoms with Gasteiger partial charge in [0.05, 0.1) is 19.2 Å². The predicted octanol–water partition coefficient (Wildman–Crippen LogP) is 3.70. The second-order valence-corrected chi connectivity index (χ2v) is 6.10. The number of halogens is 3. The molecule has 2 rings (SSSR count). The van der Waals surface area contributed by atoms with Crippen molar-refractivity contribution in [2.75, 3.05) is 12.4 Å². The maximum atomic E-state index is 13.7. The fraction of sp³-hybridized carbons (Fsp3) is 0.125. The second kappa shape index (κ2) is 8.84. The molecule has 0 saturated heterocycles. The maximum absolute atomic E-state index is 13.7. The van der Waals surface area contributed by atoms with Crippen LogP contribution in [-0.2, 0) is 11.2 Å². The van der Waals surface area contributed by atoms with E-state index in [-0.39, 0.29) is 22.1 Å². The zero-order chi connectivity index (χ0) is 18.4. The Morgan fingerprint density at radius 3 is 2.68 bits per heavy atom. The number of rotatable bonds is 4. The number of methoxy groups -OCH3 is 1. The summed E-state index contributed by atoms with van der Waals surface area (Å²) in [6, 6.07) is 9.18. The number of hydrogen-bond acceptors (Lipinski definition) is 3. The van der Waals surface area contributed by atoms with E-state index < -0.39 is 11.7 Å². The zero-order valence-corrected chi connectivity index (χ0v) is 15.4. The van der Waals surface area contributed by atoms with E-state index in [2.05, 4.69) is 16.2 Å². The van der Waals surface area contributed by atoms with E-state index in [0.29, 0.717) is 16.5 Å². The summed E-state index contributed by atoms with van der Waals surface area (Å²) >= 11 is 16.9. The highest BCUT2D eigenvalue weighted by atomic mass is 35.5. The molecule has 0 aliphatic rings. The van der Waals surface area contributed by atoms with Gasteiger partial charge in [0.15, 0.2) is 5.11 Å². The zero-order valence-electron chi connectivity index (χ0n) is 13.0. The van der Waals surface area contributed by atoms with Crippen molar-refractivity contribution in [3.63, 3.8) is 0 Å². The van der Waals surface area contributed by atoms with Crippen LogP contribution in [0.5, 0.6) is 5.75 Å². The lowest BCUT2D eigenvalue weighted by Crippen LogP contribution is -2.44. The molecule has 5 nitrogen and oxygen atoms in total. The molecule has 0 atom stereocenters. The first kappa shape index (κ1) is 19.2. The van der Waals surface area contributed by atoms with Crippen molar-refractivity contribution in [3.8, 4) is 5.75 Å². The number of anilines is 1. The van der Waals surface area contributed by atoms with Crippen LogP contribution in [0.15, 0.2) is 36.4 Å². The van der Waals surface area contributed by atoms with Gasteiger partial charge in [-0.2, -0.15) is 0 Å². The van der Waals surface area contributed by atoms with Gasteiger partial charge in [0.25, 0.3) is 0 Å². The third-order valence-corrected chi connectivity index (χ3v) is 3.92. The molecule has 0 radical (unpaired) electrons. The molecule has 0 aromatic heterocycles. The highest BCUT2D eigenvalue weighted by Gasteiger charge is 2.12. The molecule has 0 saturated carbocycles. The number of amides is 1. The molecule has 0 aliphatic heterocycles. The summed E-state index contributed by atoms with van der Waals surface area (Å²) < 4.78 is 18.8. The molecular formula is C16H14Cl2FN3O2S. The van der Waals surface area contributed by atoms with Gasteiger partial charge in [-0.3, -0.25) is 15.6 Å². The number of nitrogens with one attached hydrogen (secondary N) is 3. The summed E-state index contributed by atoms with van der Waals surface area (Å²) in [5.41, 5.74) is 5.52. The number of hydrazine groups is 1. The molecule has 25 heavy (non-hydrogen) atoms. The third kappa shape index (κ3) is 5.45. The number of carbonyl (C=O) groups excluding carboxylic acids is 1. The van der Waals surface area contributed by atoms with Gasteiger partial charge in [-0.15, -0.1) is 0 Å². The van der Waals surface area contributed by atoms with Gasteiger partial charge in [-0.05, 0) is 42.5 Å². The summed E-state index contributed by atoms with van der Waals surface area (Å²) in [5, 5.41) is 3.62. The van der Waals surface area contributed by atoms with Crippen molar-refractivity contribution in [1.29, 1.82) is 0 Å². The van der Waals surface area contributed by atoms with Crippen molar-refractivity contribution in [2.24, 2.45) is 0 Å². The number of hydrogen-bond donors (Lipinski definition) is 3. The molecular weight excluding hydrogens is 388 g/mol. The quantitative estimate of drug-likeness (QED) is 0.538. The molecule has 3 N–H and O–H groups in total. The smallest absolute Gasteiger partial charge is 0.242 e. The average molecular weight is 402 g/mol. The Hall–Kier alpha value is -2.09. The Morgan fingerprint density at radius 1 is 1.24 bits per heavy atom. The van der Waals surface area contributed by atoms with Crippen LogP contribution in [0.3, 0.4) is 0 Å². The summed E-state index contributed by atoms with van der Waals surface area (Å²) in [4.78, 5) is 11.9. The molecule has 0 bridgehead atoms. The first-order valence-corrected chi connectivity index (χ1v) is 8.19. The molecule has 1 amide bonds. The summed E-state index contributed by atoms with van der Waals surface area (Å²) in [6.45, 7) is 0. The van der Waals surface area contributed by atoms with Gasteiger partial charge in [-0.1, -0.05) is 29.3 Å². The fourth-order valence-corrected chi connectivity index (χ4v) is 2.53. The van der Waals surface area contributed by atoms with Gasteiger partial charge in [0, 0.05) is 15.6 Å². The minimum Gasteiger partial charge on any atom is -0.495 e. The van der Waals surface area contributed by atoms with Crippen molar-refractivity contribution >= 4 is 52.1 Å². The Bertz CT molecular complexity index is 785. The summed E-state index contributed by atoms with van der Waals surface area (Å²) in [7, 11) is 1.50. The van der Waals surface area contributed by atoms with E-state index in [1.165, 1.54) is 25.3 Å². The number of carbonyl (C=O) groups is 1. The molecule has 132 valence electrons. The molecule has 0 unspecified atom stereocenters. The van der Waals surface area contributed by atoms with Crippen LogP contribution in [0.25, 0.3) is 0 Å². The molecule has 0 aliphatic carbocycles. The van der Waals surface area contributed by atoms with E-state index in [1.807, 2.05) is 0 Å². The van der Waals surface area contributed by atoms with Gasteiger partial charge in [0.2, 0.25) is 5.91 Å². The molecule has 0 heterocycles. The summed E-state index contributed by atoms with van der Waals surface area (Å²) in [6.07, 6.45) is -0.235. The Kier molecular flexibility index (Phi) is 6.81. The lowest BCUT2D eigenvalue weighted by atomic mass is 10.1. The molecule has 2 aromatic rings. The minimum atomic E-state index is -0.549. The Labute approximate surface area is 159 Å². The molecule has 0 spiro atoms. The van der Waals surface area contributed by atoms with Crippen molar-refractivity contribution in [3.05, 3.63) is 57.8 Å². The van der Waals surface area contributed by atoms with Crippen LogP contribution in [-0.4, -0.2) is 18.1 Å². The predicted molar refractivity (Wildman–Crippen MR) is 101 cm³/mol. The molecule has 2 aromatic carbocycles. The topological polar surface area (TPSA) is 62.4 Å². The number of thiocarbonyl (C=S) groups is 1. The maximum Gasteiger partial charge on any atom is 0.242 e. The van der Waals surface area contributed by atoms with Crippen LogP contribution < -0.4 is 20.9 Å². The van der Waals surface area contributed by atoms with E-state index in [4.69, 9.17) is 40.2 Å². The fourth-order valence-electron chi connectivity index (χ4n) is 1.96. The number of benzene rings is 2. The first-order valence-electron chi connectivity index (χ1n) is 7.03. The van der Waals surface area contributed by atoms with Gasteiger partial charge in [-0.25, -0.2) is 4.39 Å². The lowest BCUT2D eigenvalue weighted by molar-refractivity contribution is -0.121. The van der Waals surface area contributed by atoms with E-state index in [0.717, 1.165) is 0 Å². The van der Waals surface area contributed by atoms with Crippen molar-refractivity contribution in [1.82, 2.24) is 10.9 Å². The van der Waals surface area contributed by atoms with Crippen LogP contribution >= 0.6 is 35.4 Å². The van der Waals surface area contributed by atoms with Gasteiger partial charge < -0.3 is 10.1 Å². The van der Waals surface area contributed by atoms with E-state index in [9.17, 15) is 9.18 Å². The largest absolute Gasteiger partial charge is 0.495 e. The SMILES string of the molecule is COc1ccc(Cl)cc1NC(=S)NNC(=O)Cc1c(F)cccc1Cl. The third-order valence-electron chi connectivity index (χ3n) is 3.12. The van der Waals surface area contributed by atoms with Gasteiger partial charge >= 0.3 is 0 Å². The Morgan fingerprint density at radius 2 is 2.00 bits per heavy atom. The van der Waals surface area contributed by atoms with Crippen molar-refractivity contribution in [2.45, 2.75) is 6.42 Å². The second-order valence-electron chi connectivity index (χ2n) is 4.85. The normalized spacial score (nSPS) is 10.1. The van der Waals surface area contributed by atoms with E-state index >= 15 is 0 Å². The lowest BCUT2D eigenvalue weighted by Gasteiger charge is -2.14. The van der Waals surface area contributed by atoms with Crippen LogP contribution in [0.1, 0.15) is 5.56 Å². The minimum absolute atomic E-state index is 0.105. The molecule has 9 heteroatoms. The van der Waals surface area contributed by atoms with Crippen LogP contribution in [0, 0.1) is 5.82 Å². The highest BCUT2D eigenvalue weighted by molar-refractivity contribution is 7.80. The molecule has 0 fully saturated rings. The van der Waals surface area contributed by atoms with E-state index in [1.54, 1.807) is 18.2 Å². The Balaban J connectivity index is 1.92.